The van der Waals surface area contributed by atoms with Gasteiger partial charge in [0.25, 0.3) is 0 Å². The van der Waals surface area contributed by atoms with E-state index < -0.39 is 0 Å². The molecule has 0 bridgehead atoms. The van der Waals surface area contributed by atoms with Gasteiger partial charge in [-0.05, 0) is 72.7 Å². The lowest BCUT2D eigenvalue weighted by Crippen LogP contribution is -2.01. The third kappa shape index (κ3) is 6.49. The molecule has 0 aliphatic heterocycles. The molecule has 3 heteroatoms. The van der Waals surface area contributed by atoms with Gasteiger partial charge < -0.3 is 9.47 Å². The first kappa shape index (κ1) is 23.1. The Hall–Kier alpha value is -4.03. The lowest BCUT2D eigenvalue weighted by molar-refractivity contribution is 0.279. The minimum atomic E-state index is 0.658. The number of ether oxygens (including phenoxy) is 2. The third-order valence-electron chi connectivity index (χ3n) is 5.75. The van der Waals surface area contributed by atoms with Crippen molar-refractivity contribution in [2.45, 2.75) is 26.2 Å². The maximum absolute atomic E-state index is 7.04. The summed E-state index contributed by atoms with van der Waals surface area (Å²) in [6, 6.07) is 32.6. The molecular formula is C31H29NO2. The van der Waals surface area contributed by atoms with E-state index in [2.05, 4.69) is 60.3 Å². The first-order valence-corrected chi connectivity index (χ1v) is 11.7. The van der Waals surface area contributed by atoms with Crippen LogP contribution in [0.25, 0.3) is 27.1 Å². The zero-order valence-electron chi connectivity index (χ0n) is 19.5. The van der Waals surface area contributed by atoms with Crippen LogP contribution in [0.3, 0.4) is 0 Å². The van der Waals surface area contributed by atoms with Crippen LogP contribution in [0.5, 0.6) is 11.5 Å². The Morgan fingerprint density at radius 2 is 0.912 bits per heavy atom. The highest BCUT2D eigenvalue weighted by atomic mass is 16.5. The predicted octanol–water partition coefficient (Wildman–Crippen LogP) is 8.51. The van der Waals surface area contributed by atoms with Crippen molar-refractivity contribution in [1.29, 1.82) is 0 Å². The first-order chi connectivity index (χ1) is 16.7. The van der Waals surface area contributed by atoms with Gasteiger partial charge in [0.2, 0.25) is 0 Å². The van der Waals surface area contributed by atoms with Crippen molar-refractivity contribution in [3.8, 4) is 33.8 Å². The monoisotopic (exact) mass is 447 g/mol. The molecule has 0 atom stereocenters. The quantitative estimate of drug-likeness (QED) is 0.180. The van der Waals surface area contributed by atoms with E-state index in [1.54, 1.807) is 0 Å². The minimum Gasteiger partial charge on any atom is -0.494 e. The summed E-state index contributed by atoms with van der Waals surface area (Å²) in [5, 5.41) is 0. The van der Waals surface area contributed by atoms with Crippen molar-refractivity contribution < 1.29 is 9.47 Å². The standard InChI is InChI=1S/C31H29NO2/c1-24-6-8-25(9-7-24)27-12-18-30(19-13-27)33-22-4-3-5-23-34-31-20-14-28(15-21-31)26-10-16-29(32-2)17-11-26/h6-21H,3-5,22-23H2,1H3. The Bertz CT molecular complexity index is 1200. The van der Waals surface area contributed by atoms with Gasteiger partial charge in [-0.25, -0.2) is 4.85 Å². The molecule has 0 unspecified atom stereocenters. The lowest BCUT2D eigenvalue weighted by Gasteiger charge is -2.09. The summed E-state index contributed by atoms with van der Waals surface area (Å²) in [6.45, 7) is 10.6. The summed E-state index contributed by atoms with van der Waals surface area (Å²) in [4.78, 5) is 3.43. The molecule has 0 spiro atoms. The Balaban J connectivity index is 1.12. The van der Waals surface area contributed by atoms with E-state index in [0.717, 1.165) is 41.9 Å². The summed E-state index contributed by atoms with van der Waals surface area (Å²) in [6.07, 6.45) is 3.06. The highest BCUT2D eigenvalue weighted by molar-refractivity contribution is 5.67. The molecule has 4 rings (SSSR count). The summed E-state index contributed by atoms with van der Waals surface area (Å²) in [5.74, 6) is 1.79. The normalized spacial score (nSPS) is 10.5. The van der Waals surface area contributed by atoms with Crippen LogP contribution in [0.4, 0.5) is 5.69 Å². The van der Waals surface area contributed by atoms with E-state index in [-0.39, 0.29) is 0 Å². The summed E-state index contributed by atoms with van der Waals surface area (Å²) in [5.41, 5.74) is 6.58. The zero-order valence-corrected chi connectivity index (χ0v) is 19.5. The molecule has 0 amide bonds. The molecule has 34 heavy (non-hydrogen) atoms. The Morgan fingerprint density at radius 3 is 1.32 bits per heavy atom. The molecule has 0 fully saturated rings. The van der Waals surface area contributed by atoms with Crippen molar-refractivity contribution in [2.24, 2.45) is 0 Å². The van der Waals surface area contributed by atoms with Gasteiger partial charge in [-0.15, -0.1) is 0 Å². The molecule has 0 aromatic heterocycles. The van der Waals surface area contributed by atoms with Gasteiger partial charge >= 0.3 is 0 Å². The number of hydrogen-bond acceptors (Lipinski definition) is 2. The molecule has 0 heterocycles. The molecule has 170 valence electrons. The van der Waals surface area contributed by atoms with Crippen LogP contribution in [0.1, 0.15) is 24.8 Å². The van der Waals surface area contributed by atoms with Gasteiger partial charge in [-0.3, -0.25) is 0 Å². The van der Waals surface area contributed by atoms with Gasteiger partial charge in [0.05, 0.1) is 19.8 Å². The van der Waals surface area contributed by atoms with Crippen LogP contribution < -0.4 is 9.47 Å². The fraction of sp³-hybridized carbons (Fsp3) is 0.194. The molecule has 0 radical (unpaired) electrons. The van der Waals surface area contributed by atoms with Crippen molar-refractivity contribution in [3.05, 3.63) is 114 Å². The molecule has 0 aliphatic carbocycles. The maximum atomic E-state index is 7.04. The Morgan fingerprint density at radius 1 is 0.529 bits per heavy atom. The van der Waals surface area contributed by atoms with Crippen LogP contribution in [0.2, 0.25) is 0 Å². The van der Waals surface area contributed by atoms with Gasteiger partial charge in [0, 0.05) is 0 Å². The molecule has 4 aromatic rings. The van der Waals surface area contributed by atoms with Gasteiger partial charge in [-0.2, -0.15) is 0 Å². The fourth-order valence-electron chi connectivity index (χ4n) is 3.72. The SMILES string of the molecule is [C-]#[N+]c1ccc(-c2ccc(OCCCCCOc3ccc(-c4ccc(C)cc4)cc3)cc2)cc1. The average molecular weight is 448 g/mol. The second-order valence-corrected chi connectivity index (χ2v) is 8.33. The van der Waals surface area contributed by atoms with Gasteiger partial charge in [0.15, 0.2) is 5.69 Å². The average Bonchev–Trinajstić information content (AvgIpc) is 2.89. The smallest absolute Gasteiger partial charge is 0.187 e. The molecule has 0 saturated carbocycles. The second kappa shape index (κ2) is 11.7. The number of hydrogen-bond donors (Lipinski definition) is 0. The topological polar surface area (TPSA) is 22.8 Å². The van der Waals surface area contributed by atoms with E-state index in [9.17, 15) is 0 Å². The van der Waals surface area contributed by atoms with E-state index >= 15 is 0 Å². The van der Waals surface area contributed by atoms with Gasteiger partial charge in [-0.1, -0.05) is 78.4 Å². The van der Waals surface area contributed by atoms with E-state index in [0.29, 0.717) is 18.9 Å². The van der Waals surface area contributed by atoms with Crippen LogP contribution in [-0.2, 0) is 0 Å². The summed E-state index contributed by atoms with van der Waals surface area (Å²) >= 11 is 0. The third-order valence-corrected chi connectivity index (χ3v) is 5.75. The Labute approximate surface area is 202 Å². The largest absolute Gasteiger partial charge is 0.494 e. The zero-order chi connectivity index (χ0) is 23.6. The van der Waals surface area contributed by atoms with Crippen molar-refractivity contribution in [3.63, 3.8) is 0 Å². The number of benzene rings is 4. The Kier molecular flexibility index (Phi) is 7.98. The first-order valence-electron chi connectivity index (χ1n) is 11.7. The second-order valence-electron chi connectivity index (χ2n) is 8.33. The number of nitrogens with zero attached hydrogens (tertiary/aromatic N) is 1. The van der Waals surface area contributed by atoms with Crippen LogP contribution >= 0.6 is 0 Å². The van der Waals surface area contributed by atoms with Crippen LogP contribution in [0.15, 0.2) is 97.1 Å². The fourth-order valence-corrected chi connectivity index (χ4v) is 3.72. The molecule has 0 N–H and O–H groups in total. The van der Waals surface area contributed by atoms with Crippen molar-refractivity contribution in [2.75, 3.05) is 13.2 Å². The van der Waals surface area contributed by atoms with E-state index in [4.69, 9.17) is 16.0 Å². The lowest BCUT2D eigenvalue weighted by atomic mass is 10.0. The van der Waals surface area contributed by atoms with Crippen molar-refractivity contribution in [1.82, 2.24) is 0 Å². The molecule has 0 aliphatic rings. The van der Waals surface area contributed by atoms with Gasteiger partial charge in [0.1, 0.15) is 11.5 Å². The highest BCUT2D eigenvalue weighted by Gasteiger charge is 2.01. The van der Waals surface area contributed by atoms with Crippen LogP contribution in [-0.4, -0.2) is 13.2 Å². The molecule has 3 nitrogen and oxygen atoms in total. The minimum absolute atomic E-state index is 0.658. The molecule has 0 saturated heterocycles. The van der Waals surface area contributed by atoms with Crippen molar-refractivity contribution >= 4 is 5.69 Å². The number of unbranched alkanes of at least 4 members (excludes halogenated alkanes) is 2. The number of rotatable bonds is 10. The molecular weight excluding hydrogens is 418 g/mol. The summed E-state index contributed by atoms with van der Waals surface area (Å²) in [7, 11) is 0. The maximum Gasteiger partial charge on any atom is 0.187 e. The molecule has 4 aromatic carbocycles. The van der Waals surface area contributed by atoms with E-state index in [1.807, 2.05) is 48.5 Å². The summed E-state index contributed by atoms with van der Waals surface area (Å²) < 4.78 is 11.8. The predicted molar refractivity (Wildman–Crippen MR) is 140 cm³/mol. The van der Waals surface area contributed by atoms with E-state index in [1.165, 1.54) is 16.7 Å². The number of aryl methyl sites for hydroxylation is 1. The highest BCUT2D eigenvalue weighted by Crippen LogP contribution is 2.25. The van der Waals surface area contributed by atoms with Crippen LogP contribution in [0, 0.1) is 13.5 Å².